The SMILES string of the molecule is NC(=O)C1CCCN(C(=O)CSc2nnc(-c3ccc(Cl)cc3Cl)n2-c2ccccc2)C1. The third kappa shape index (κ3) is 4.92. The van der Waals surface area contributed by atoms with Crippen molar-refractivity contribution in [1.29, 1.82) is 0 Å². The third-order valence-electron chi connectivity index (χ3n) is 5.32. The van der Waals surface area contributed by atoms with E-state index in [1.165, 1.54) is 11.8 Å². The summed E-state index contributed by atoms with van der Waals surface area (Å²) in [6.45, 7) is 0.992. The molecule has 2 heterocycles. The largest absolute Gasteiger partial charge is 0.369 e. The fourth-order valence-electron chi connectivity index (χ4n) is 3.67. The monoisotopic (exact) mass is 489 g/mol. The lowest BCUT2D eigenvalue weighted by molar-refractivity contribution is -0.132. The van der Waals surface area contributed by atoms with E-state index in [1.807, 2.05) is 34.9 Å². The van der Waals surface area contributed by atoms with Gasteiger partial charge in [0.25, 0.3) is 0 Å². The van der Waals surface area contributed by atoms with Gasteiger partial charge in [-0.3, -0.25) is 14.2 Å². The highest BCUT2D eigenvalue weighted by Crippen LogP contribution is 2.33. The molecule has 10 heteroatoms. The number of benzene rings is 2. The van der Waals surface area contributed by atoms with Gasteiger partial charge in [0.15, 0.2) is 11.0 Å². The summed E-state index contributed by atoms with van der Waals surface area (Å²) in [4.78, 5) is 26.0. The lowest BCUT2D eigenvalue weighted by atomic mass is 9.97. The van der Waals surface area contributed by atoms with E-state index in [0.29, 0.717) is 39.7 Å². The lowest BCUT2D eigenvalue weighted by Crippen LogP contribution is -2.44. The highest BCUT2D eigenvalue weighted by Gasteiger charge is 2.27. The number of carbonyl (C=O) groups is 2. The molecule has 0 radical (unpaired) electrons. The molecule has 3 aromatic rings. The minimum atomic E-state index is -0.358. The molecular formula is C22H21Cl2N5O2S. The Morgan fingerprint density at radius 1 is 1.12 bits per heavy atom. The molecule has 1 atom stereocenters. The number of nitrogens with zero attached hydrogens (tertiary/aromatic N) is 4. The lowest BCUT2D eigenvalue weighted by Gasteiger charge is -2.31. The smallest absolute Gasteiger partial charge is 0.233 e. The van der Waals surface area contributed by atoms with E-state index in [-0.39, 0.29) is 23.5 Å². The minimum Gasteiger partial charge on any atom is -0.369 e. The van der Waals surface area contributed by atoms with E-state index < -0.39 is 0 Å². The Morgan fingerprint density at radius 3 is 2.62 bits per heavy atom. The van der Waals surface area contributed by atoms with E-state index in [1.54, 1.807) is 23.1 Å². The van der Waals surface area contributed by atoms with Crippen LogP contribution in [0.1, 0.15) is 12.8 Å². The van der Waals surface area contributed by atoms with Gasteiger partial charge in [0, 0.05) is 29.4 Å². The Balaban J connectivity index is 1.60. The summed E-state index contributed by atoms with van der Waals surface area (Å²) < 4.78 is 1.87. The number of halogens is 2. The van der Waals surface area contributed by atoms with Crippen LogP contribution in [0, 0.1) is 5.92 Å². The zero-order valence-electron chi connectivity index (χ0n) is 17.1. The van der Waals surface area contributed by atoms with Crippen molar-refractivity contribution < 1.29 is 9.59 Å². The van der Waals surface area contributed by atoms with Crippen molar-refractivity contribution in [2.24, 2.45) is 11.7 Å². The number of primary amides is 1. The Labute approximate surface area is 199 Å². The molecule has 1 aliphatic heterocycles. The predicted octanol–water partition coefficient (Wildman–Crippen LogP) is 4.06. The number of nitrogens with two attached hydrogens (primary N) is 1. The molecule has 32 heavy (non-hydrogen) atoms. The van der Waals surface area contributed by atoms with Crippen molar-refractivity contribution in [2.75, 3.05) is 18.8 Å². The van der Waals surface area contributed by atoms with Crippen LogP contribution in [0.2, 0.25) is 10.0 Å². The van der Waals surface area contributed by atoms with Crippen LogP contribution in [0.5, 0.6) is 0 Å². The van der Waals surface area contributed by atoms with Gasteiger partial charge >= 0.3 is 0 Å². The van der Waals surface area contributed by atoms with Gasteiger partial charge in [0.05, 0.1) is 16.7 Å². The van der Waals surface area contributed by atoms with Gasteiger partial charge in [-0.25, -0.2) is 0 Å². The molecule has 0 saturated carbocycles. The predicted molar refractivity (Wildman–Crippen MR) is 126 cm³/mol. The van der Waals surface area contributed by atoms with Crippen molar-refractivity contribution >= 4 is 46.8 Å². The van der Waals surface area contributed by atoms with Gasteiger partial charge < -0.3 is 10.6 Å². The second-order valence-corrected chi connectivity index (χ2v) is 9.26. The number of para-hydroxylation sites is 1. The van der Waals surface area contributed by atoms with Crippen LogP contribution in [0.3, 0.4) is 0 Å². The van der Waals surface area contributed by atoms with Crippen molar-refractivity contribution in [2.45, 2.75) is 18.0 Å². The summed E-state index contributed by atoms with van der Waals surface area (Å²) in [5.74, 6) is 0.0205. The zero-order chi connectivity index (χ0) is 22.7. The summed E-state index contributed by atoms with van der Waals surface area (Å²) >= 11 is 13.8. The van der Waals surface area contributed by atoms with E-state index in [0.717, 1.165) is 18.5 Å². The molecule has 1 aliphatic rings. The van der Waals surface area contributed by atoms with E-state index in [4.69, 9.17) is 28.9 Å². The molecule has 2 amide bonds. The van der Waals surface area contributed by atoms with Crippen LogP contribution in [0.15, 0.2) is 53.7 Å². The van der Waals surface area contributed by atoms with Crippen LogP contribution in [0.4, 0.5) is 0 Å². The highest BCUT2D eigenvalue weighted by atomic mass is 35.5. The Morgan fingerprint density at radius 2 is 1.91 bits per heavy atom. The molecule has 1 saturated heterocycles. The number of hydrogen-bond donors (Lipinski definition) is 1. The second-order valence-electron chi connectivity index (χ2n) is 7.47. The van der Waals surface area contributed by atoms with Crippen LogP contribution in [-0.4, -0.2) is 50.3 Å². The van der Waals surface area contributed by atoms with E-state index in [2.05, 4.69) is 10.2 Å². The molecule has 0 spiro atoms. The first-order valence-corrected chi connectivity index (χ1v) is 11.8. The zero-order valence-corrected chi connectivity index (χ0v) is 19.4. The first kappa shape index (κ1) is 22.6. The van der Waals surface area contributed by atoms with Crippen molar-refractivity contribution in [3.05, 3.63) is 58.6 Å². The highest BCUT2D eigenvalue weighted by molar-refractivity contribution is 7.99. The number of likely N-dealkylation sites (tertiary alicyclic amines) is 1. The number of rotatable bonds is 6. The summed E-state index contributed by atoms with van der Waals surface area (Å²) in [6.07, 6.45) is 1.49. The summed E-state index contributed by atoms with van der Waals surface area (Å²) in [5, 5.41) is 10.2. The average molecular weight is 490 g/mol. The molecule has 0 aliphatic carbocycles. The molecule has 1 fully saturated rings. The maximum atomic E-state index is 12.8. The fraction of sp³-hybridized carbons (Fsp3) is 0.273. The van der Waals surface area contributed by atoms with Crippen LogP contribution in [0.25, 0.3) is 17.1 Å². The Bertz CT molecular complexity index is 1140. The number of piperidine rings is 1. The van der Waals surface area contributed by atoms with Crippen molar-refractivity contribution in [1.82, 2.24) is 19.7 Å². The molecule has 2 aromatic carbocycles. The van der Waals surface area contributed by atoms with Gasteiger partial charge in [0.1, 0.15) is 0 Å². The van der Waals surface area contributed by atoms with Gasteiger partial charge in [-0.15, -0.1) is 10.2 Å². The topological polar surface area (TPSA) is 94.1 Å². The minimum absolute atomic E-state index is 0.0605. The molecule has 2 N–H and O–H groups in total. The van der Waals surface area contributed by atoms with Crippen LogP contribution >= 0.6 is 35.0 Å². The van der Waals surface area contributed by atoms with Crippen LogP contribution in [-0.2, 0) is 9.59 Å². The van der Waals surface area contributed by atoms with E-state index >= 15 is 0 Å². The molecule has 7 nitrogen and oxygen atoms in total. The molecular weight excluding hydrogens is 469 g/mol. The molecule has 1 aromatic heterocycles. The van der Waals surface area contributed by atoms with Gasteiger partial charge in [-0.05, 0) is 43.2 Å². The summed E-state index contributed by atoms with van der Waals surface area (Å²) in [6, 6.07) is 14.8. The summed E-state index contributed by atoms with van der Waals surface area (Å²) in [5.41, 5.74) is 6.97. The Hall–Kier alpha value is -2.55. The fourth-order valence-corrected chi connectivity index (χ4v) is 5.02. The van der Waals surface area contributed by atoms with Gasteiger partial charge in [-0.2, -0.15) is 0 Å². The third-order valence-corrected chi connectivity index (χ3v) is 6.78. The number of carbonyl (C=O) groups excluding carboxylic acids is 2. The maximum Gasteiger partial charge on any atom is 0.233 e. The van der Waals surface area contributed by atoms with Crippen molar-refractivity contribution in [3.63, 3.8) is 0 Å². The maximum absolute atomic E-state index is 12.8. The summed E-state index contributed by atoms with van der Waals surface area (Å²) in [7, 11) is 0. The van der Waals surface area contributed by atoms with E-state index in [9.17, 15) is 9.59 Å². The molecule has 4 rings (SSSR count). The second kappa shape index (κ2) is 9.94. The number of hydrogen-bond acceptors (Lipinski definition) is 5. The normalized spacial score (nSPS) is 16.2. The van der Waals surface area contributed by atoms with Crippen LogP contribution < -0.4 is 5.73 Å². The van der Waals surface area contributed by atoms with Gasteiger partial charge in [-0.1, -0.05) is 53.2 Å². The number of amides is 2. The quantitative estimate of drug-likeness (QED) is 0.526. The molecule has 166 valence electrons. The first-order chi connectivity index (χ1) is 15.4. The number of thioether (sulfide) groups is 1. The van der Waals surface area contributed by atoms with Gasteiger partial charge in [0.2, 0.25) is 11.8 Å². The standard InChI is InChI=1S/C22H21Cl2N5O2S/c23-15-8-9-17(18(24)11-15)21-26-27-22(29(21)16-6-2-1-3-7-16)32-13-19(30)28-10-4-5-14(12-28)20(25)31/h1-3,6-9,11,14H,4-5,10,12-13H2,(H2,25,31). The number of aromatic nitrogens is 3. The Kier molecular flexibility index (Phi) is 7.03. The molecule has 0 bridgehead atoms. The van der Waals surface area contributed by atoms with Crippen molar-refractivity contribution in [3.8, 4) is 17.1 Å². The molecule has 1 unspecified atom stereocenters. The average Bonchev–Trinajstić information content (AvgIpc) is 3.21. The first-order valence-electron chi connectivity index (χ1n) is 10.1.